The fourth-order valence-electron chi connectivity index (χ4n) is 4.69. The molecule has 1 saturated heterocycles. The van der Waals surface area contributed by atoms with Crippen LogP contribution in [0.15, 0.2) is 42.5 Å². The summed E-state index contributed by atoms with van der Waals surface area (Å²) in [6, 6.07) is 12.4. The molecule has 3 rings (SSSR count). The summed E-state index contributed by atoms with van der Waals surface area (Å²) in [6.07, 6.45) is 5.50. The van der Waals surface area contributed by atoms with Crippen molar-refractivity contribution in [3.63, 3.8) is 0 Å². The lowest BCUT2D eigenvalue weighted by atomic mass is 9.93. The Hall–Kier alpha value is -2.75. The van der Waals surface area contributed by atoms with Gasteiger partial charge in [-0.15, -0.1) is 0 Å². The highest BCUT2D eigenvalue weighted by Gasteiger charge is 2.26. The lowest BCUT2D eigenvalue weighted by Gasteiger charge is -2.35. The van der Waals surface area contributed by atoms with Crippen LogP contribution in [0.2, 0.25) is 0 Å². The average Bonchev–Trinajstić information content (AvgIpc) is 2.88. The highest BCUT2D eigenvalue weighted by atomic mass is 32.2. The zero-order valence-corrected chi connectivity index (χ0v) is 24.7. The normalized spacial score (nSPS) is 16.6. The molecule has 0 bridgehead atoms. The lowest BCUT2D eigenvalue weighted by molar-refractivity contribution is -0.139. The number of rotatable bonds is 11. The van der Waals surface area contributed by atoms with Crippen molar-refractivity contribution < 1.29 is 27.9 Å². The SMILES string of the molecule is CCC.COCC1CCCCN1Cc1ccc(C(=O)NC(CCS(C)(=O)=O)C(=O)O)c(-c2ccccc2C)c1. The molecular formula is C30H44N2O6S. The molecule has 2 unspecified atom stereocenters. The minimum Gasteiger partial charge on any atom is -0.480 e. The zero-order valence-electron chi connectivity index (χ0n) is 23.9. The Labute approximate surface area is 233 Å². The number of hydrogen-bond donors (Lipinski definition) is 2. The van der Waals surface area contributed by atoms with Crippen molar-refractivity contribution in [3.05, 3.63) is 59.2 Å². The number of aliphatic carboxylic acids is 1. The van der Waals surface area contributed by atoms with Crippen molar-refractivity contribution in [2.75, 3.05) is 32.3 Å². The van der Waals surface area contributed by atoms with Gasteiger partial charge in [0.2, 0.25) is 0 Å². The van der Waals surface area contributed by atoms with E-state index in [1.165, 1.54) is 12.8 Å². The van der Waals surface area contributed by atoms with E-state index in [9.17, 15) is 23.1 Å². The van der Waals surface area contributed by atoms with E-state index in [0.717, 1.165) is 54.4 Å². The quantitative estimate of drug-likeness (QED) is 0.410. The molecule has 1 aliphatic heterocycles. The van der Waals surface area contributed by atoms with Gasteiger partial charge >= 0.3 is 5.97 Å². The fraction of sp³-hybridized carbons (Fsp3) is 0.533. The maximum absolute atomic E-state index is 13.3. The maximum atomic E-state index is 13.3. The molecule has 0 saturated carbocycles. The van der Waals surface area contributed by atoms with Crippen molar-refractivity contribution in [2.45, 2.75) is 71.5 Å². The van der Waals surface area contributed by atoms with Gasteiger partial charge in [-0.3, -0.25) is 9.69 Å². The molecule has 0 aromatic heterocycles. The van der Waals surface area contributed by atoms with Gasteiger partial charge in [0.25, 0.3) is 5.91 Å². The molecule has 0 radical (unpaired) electrons. The van der Waals surface area contributed by atoms with Crippen LogP contribution in [-0.4, -0.2) is 74.7 Å². The van der Waals surface area contributed by atoms with Gasteiger partial charge in [-0.2, -0.15) is 0 Å². The Morgan fingerprint density at radius 2 is 1.82 bits per heavy atom. The molecule has 216 valence electrons. The standard InChI is InChI=1S/C27H36N2O6S.C3H8/c1-19-8-4-5-10-22(19)24-16-20(17-29-14-7-6-9-21(29)18-35-2)11-12-23(24)26(30)28-25(27(31)32)13-15-36(3,33)34;1-3-2/h4-5,8,10-12,16,21,25H,6-7,9,13-15,17-18H2,1-3H3,(H,28,30)(H,31,32);3H2,1-2H3. The van der Waals surface area contributed by atoms with E-state index in [-0.39, 0.29) is 12.2 Å². The maximum Gasteiger partial charge on any atom is 0.326 e. The van der Waals surface area contributed by atoms with Crippen LogP contribution >= 0.6 is 0 Å². The van der Waals surface area contributed by atoms with Crippen molar-refractivity contribution in [2.24, 2.45) is 0 Å². The van der Waals surface area contributed by atoms with E-state index < -0.39 is 27.8 Å². The topological polar surface area (TPSA) is 113 Å². The number of carbonyl (C=O) groups is 2. The van der Waals surface area contributed by atoms with E-state index in [2.05, 4.69) is 24.1 Å². The molecule has 8 nitrogen and oxygen atoms in total. The number of piperidine rings is 1. The molecule has 0 spiro atoms. The number of sulfone groups is 1. The molecule has 1 amide bonds. The molecule has 2 atom stereocenters. The number of hydrogen-bond acceptors (Lipinski definition) is 6. The van der Waals surface area contributed by atoms with Gasteiger partial charge in [-0.1, -0.05) is 57.0 Å². The third kappa shape index (κ3) is 10.4. The van der Waals surface area contributed by atoms with Crippen LogP contribution in [0.3, 0.4) is 0 Å². The Morgan fingerprint density at radius 1 is 1.13 bits per heavy atom. The van der Waals surface area contributed by atoms with E-state index in [4.69, 9.17) is 4.74 Å². The van der Waals surface area contributed by atoms with E-state index in [1.54, 1.807) is 13.2 Å². The molecule has 9 heteroatoms. The Bertz CT molecular complexity index is 1200. The van der Waals surface area contributed by atoms with Crippen LogP contribution in [0.5, 0.6) is 0 Å². The summed E-state index contributed by atoms with van der Waals surface area (Å²) in [6.45, 7) is 8.60. The average molecular weight is 561 g/mol. The first kappa shape index (κ1) is 32.5. The monoisotopic (exact) mass is 560 g/mol. The van der Waals surface area contributed by atoms with E-state index in [0.29, 0.717) is 18.2 Å². The molecule has 0 aliphatic carbocycles. The Morgan fingerprint density at radius 3 is 2.44 bits per heavy atom. The summed E-state index contributed by atoms with van der Waals surface area (Å²) in [5.41, 5.74) is 4.01. The number of methoxy groups -OCH3 is 1. The summed E-state index contributed by atoms with van der Waals surface area (Å²) < 4.78 is 28.5. The second-order valence-corrected chi connectivity index (χ2v) is 12.5. The number of nitrogens with one attached hydrogen (secondary N) is 1. The highest BCUT2D eigenvalue weighted by molar-refractivity contribution is 7.90. The lowest BCUT2D eigenvalue weighted by Crippen LogP contribution is -2.42. The number of benzene rings is 2. The molecule has 2 aromatic rings. The van der Waals surface area contributed by atoms with Gasteiger partial charge < -0.3 is 15.2 Å². The predicted molar refractivity (Wildman–Crippen MR) is 156 cm³/mol. The van der Waals surface area contributed by atoms with Gasteiger partial charge in [0.15, 0.2) is 0 Å². The predicted octanol–water partition coefficient (Wildman–Crippen LogP) is 4.70. The first-order chi connectivity index (χ1) is 18.5. The van der Waals surface area contributed by atoms with Crippen LogP contribution < -0.4 is 5.32 Å². The summed E-state index contributed by atoms with van der Waals surface area (Å²) in [7, 11) is -1.65. The summed E-state index contributed by atoms with van der Waals surface area (Å²) in [5, 5.41) is 12.1. The summed E-state index contributed by atoms with van der Waals surface area (Å²) in [4.78, 5) is 27.4. The van der Waals surface area contributed by atoms with Crippen molar-refractivity contribution >= 4 is 21.7 Å². The Balaban J connectivity index is 0.00000170. The fourth-order valence-corrected chi connectivity index (χ4v) is 5.36. The van der Waals surface area contributed by atoms with Crippen LogP contribution in [0.4, 0.5) is 0 Å². The number of nitrogens with zero attached hydrogens (tertiary/aromatic N) is 1. The zero-order chi connectivity index (χ0) is 29.0. The molecule has 1 aliphatic rings. The largest absolute Gasteiger partial charge is 0.480 e. The Kier molecular flexibility index (Phi) is 13.1. The van der Waals surface area contributed by atoms with Crippen molar-refractivity contribution in [1.29, 1.82) is 0 Å². The third-order valence-corrected chi connectivity index (χ3v) is 7.62. The van der Waals surface area contributed by atoms with Gasteiger partial charge in [-0.05, 0) is 67.1 Å². The first-order valence-corrected chi connectivity index (χ1v) is 15.7. The van der Waals surface area contributed by atoms with Crippen LogP contribution in [-0.2, 0) is 25.9 Å². The molecule has 1 heterocycles. The third-order valence-electron chi connectivity index (χ3n) is 6.64. The minimum absolute atomic E-state index is 0.201. The molecule has 2 N–H and O–H groups in total. The van der Waals surface area contributed by atoms with Crippen molar-refractivity contribution in [1.82, 2.24) is 10.2 Å². The second-order valence-electron chi connectivity index (χ2n) is 10.3. The van der Waals surface area contributed by atoms with Gasteiger partial charge in [-0.25, -0.2) is 13.2 Å². The van der Waals surface area contributed by atoms with Crippen LogP contribution in [0.1, 0.15) is 67.4 Å². The van der Waals surface area contributed by atoms with Crippen LogP contribution in [0, 0.1) is 6.92 Å². The number of aryl methyl sites for hydroxylation is 1. The van der Waals surface area contributed by atoms with Crippen LogP contribution in [0.25, 0.3) is 11.1 Å². The summed E-state index contributed by atoms with van der Waals surface area (Å²) >= 11 is 0. The number of carboxylic acid groups (broad SMARTS) is 1. The molecule has 1 fully saturated rings. The van der Waals surface area contributed by atoms with Gasteiger partial charge in [0, 0.05) is 31.5 Å². The molecule has 2 aromatic carbocycles. The summed E-state index contributed by atoms with van der Waals surface area (Å²) in [5.74, 6) is -2.14. The van der Waals surface area contributed by atoms with E-state index in [1.807, 2.05) is 43.3 Å². The minimum atomic E-state index is -3.37. The highest BCUT2D eigenvalue weighted by Crippen LogP contribution is 2.30. The van der Waals surface area contributed by atoms with E-state index >= 15 is 0 Å². The number of carboxylic acids is 1. The number of carbonyl (C=O) groups excluding carboxylic acids is 1. The number of amides is 1. The molecule has 39 heavy (non-hydrogen) atoms. The molecular weight excluding hydrogens is 516 g/mol. The second kappa shape index (κ2) is 15.7. The van der Waals surface area contributed by atoms with Gasteiger partial charge in [0.1, 0.15) is 15.9 Å². The van der Waals surface area contributed by atoms with Crippen molar-refractivity contribution in [3.8, 4) is 11.1 Å². The first-order valence-electron chi connectivity index (χ1n) is 13.6. The number of ether oxygens (including phenoxy) is 1. The van der Waals surface area contributed by atoms with Gasteiger partial charge in [0.05, 0.1) is 12.4 Å². The smallest absolute Gasteiger partial charge is 0.326 e. The number of likely N-dealkylation sites (tertiary alicyclic amines) is 1.